The molecule has 1 unspecified atom stereocenters. The molecule has 0 saturated heterocycles. The second-order valence-electron chi connectivity index (χ2n) is 11.3. The van der Waals surface area contributed by atoms with Gasteiger partial charge in [0, 0.05) is 6.54 Å². The van der Waals surface area contributed by atoms with Gasteiger partial charge in [-0.15, -0.1) is 0 Å². The van der Waals surface area contributed by atoms with Crippen LogP contribution in [0.4, 0.5) is 4.39 Å². The van der Waals surface area contributed by atoms with Crippen molar-refractivity contribution in [3.05, 3.63) is 167 Å². The Bertz CT molecular complexity index is 2160. The zero-order valence-electron chi connectivity index (χ0n) is 26.7. The minimum absolute atomic E-state index is 0.00755. The average molecular weight is 721 g/mol. The number of nitrogens with zero attached hydrogens (tertiary/aromatic N) is 4. The van der Waals surface area contributed by atoms with Crippen molar-refractivity contribution in [3.8, 4) is 11.8 Å². The standard InChI is InChI=1S/C39H29Cl2FN5O2P/c1-26-45-25-47(46-26)29-21-34(40)37(35(41)22-29)39(49)44-24-33(27-12-11-13-28(42)20-27)38(48)36(23-43)50(30-14-5-2-6-15-30,31-16-7-3-8-17-31)32-18-9-4-10-19-32/h2-22,25,33H,24H2,1H3,(H,44,49). The molecular formula is C39H29Cl2FN5O2P. The lowest BCUT2D eigenvalue weighted by atomic mass is 9.92. The van der Waals surface area contributed by atoms with Crippen LogP contribution in [0, 0.1) is 24.1 Å². The van der Waals surface area contributed by atoms with E-state index in [9.17, 15) is 14.4 Å². The third-order valence-electron chi connectivity index (χ3n) is 8.26. The van der Waals surface area contributed by atoms with Gasteiger partial charge in [-0.3, -0.25) is 9.59 Å². The van der Waals surface area contributed by atoms with E-state index >= 15 is 4.79 Å². The molecule has 0 aliphatic carbocycles. The summed E-state index contributed by atoms with van der Waals surface area (Å²) in [7, 11) is 0. The van der Waals surface area contributed by atoms with Crippen molar-refractivity contribution < 1.29 is 14.0 Å². The average Bonchev–Trinajstić information content (AvgIpc) is 3.57. The zero-order chi connectivity index (χ0) is 35.3. The topological polar surface area (TPSA) is 101 Å². The molecule has 5 aromatic carbocycles. The monoisotopic (exact) mass is 719 g/mol. The Hall–Kier alpha value is -5.32. The van der Waals surface area contributed by atoms with Gasteiger partial charge < -0.3 is 5.32 Å². The normalized spacial score (nSPS) is 11.7. The summed E-state index contributed by atoms with van der Waals surface area (Å²) in [4.78, 5) is 32.9. The lowest BCUT2D eigenvalue weighted by Crippen LogP contribution is -2.38. The lowest BCUT2D eigenvalue weighted by Gasteiger charge is -2.31. The Balaban J connectivity index is 1.49. The van der Waals surface area contributed by atoms with Crippen LogP contribution in [0.25, 0.3) is 5.69 Å². The van der Waals surface area contributed by atoms with E-state index in [4.69, 9.17) is 23.2 Å². The highest BCUT2D eigenvalue weighted by molar-refractivity contribution is 7.97. The number of nitriles is 1. The van der Waals surface area contributed by atoms with Crippen molar-refractivity contribution in [2.45, 2.75) is 12.8 Å². The molecule has 50 heavy (non-hydrogen) atoms. The highest BCUT2D eigenvalue weighted by Gasteiger charge is 2.37. The van der Waals surface area contributed by atoms with Crippen LogP contribution in [0.15, 0.2) is 134 Å². The summed E-state index contributed by atoms with van der Waals surface area (Å²) in [6.07, 6.45) is 1.50. The van der Waals surface area contributed by atoms with E-state index in [0.29, 0.717) is 17.1 Å². The van der Waals surface area contributed by atoms with Gasteiger partial charge in [0.25, 0.3) is 5.91 Å². The van der Waals surface area contributed by atoms with Gasteiger partial charge in [0.05, 0.1) is 27.2 Å². The van der Waals surface area contributed by atoms with Crippen molar-refractivity contribution >= 4 is 63.0 Å². The summed E-state index contributed by atoms with van der Waals surface area (Å²) in [6, 6.07) is 39.4. The maximum atomic E-state index is 15.1. The highest BCUT2D eigenvalue weighted by atomic mass is 35.5. The van der Waals surface area contributed by atoms with Crippen LogP contribution in [-0.4, -0.2) is 38.3 Å². The molecule has 1 atom stereocenters. The van der Waals surface area contributed by atoms with Gasteiger partial charge in [-0.2, -0.15) is 10.4 Å². The predicted octanol–water partition coefficient (Wildman–Crippen LogP) is 6.79. The molecule has 6 rings (SSSR count). The molecule has 1 aromatic heterocycles. The van der Waals surface area contributed by atoms with E-state index in [1.807, 2.05) is 91.0 Å². The van der Waals surface area contributed by atoms with E-state index < -0.39 is 30.3 Å². The van der Waals surface area contributed by atoms with E-state index in [0.717, 1.165) is 15.9 Å². The summed E-state index contributed by atoms with van der Waals surface area (Å²) in [6.45, 7) is -1.66. The van der Waals surface area contributed by atoms with Crippen LogP contribution in [0.1, 0.15) is 27.7 Å². The molecule has 248 valence electrons. The number of carbonyl (C=O) groups excluding carboxylic acids is 2. The van der Waals surface area contributed by atoms with Gasteiger partial charge in [0.1, 0.15) is 29.3 Å². The number of carbonyl (C=O) groups is 2. The number of aromatic nitrogens is 3. The number of hydrogen-bond acceptors (Lipinski definition) is 5. The summed E-state index contributed by atoms with van der Waals surface area (Å²) in [5, 5.41) is 20.6. The number of aryl methyl sites for hydroxylation is 1. The Labute approximate surface area is 298 Å². The Morgan fingerprint density at radius 3 is 1.84 bits per heavy atom. The molecule has 0 radical (unpaired) electrons. The summed E-state index contributed by atoms with van der Waals surface area (Å²) in [5.74, 6) is -2.36. The Morgan fingerprint density at radius 1 is 0.840 bits per heavy atom. The molecule has 1 amide bonds. The fourth-order valence-electron chi connectivity index (χ4n) is 6.00. The summed E-state index contributed by atoms with van der Waals surface area (Å²) >= 11 is 13.1. The quantitative estimate of drug-likeness (QED) is 0.157. The number of nitrogens with one attached hydrogen (secondary N) is 1. The highest BCUT2D eigenvalue weighted by Crippen LogP contribution is 2.47. The van der Waals surface area contributed by atoms with E-state index in [2.05, 4.69) is 21.5 Å². The first kappa shape index (κ1) is 34.5. The first-order valence-electron chi connectivity index (χ1n) is 15.5. The van der Waals surface area contributed by atoms with Crippen LogP contribution in [0.5, 0.6) is 0 Å². The molecule has 0 saturated carbocycles. The van der Waals surface area contributed by atoms with Gasteiger partial charge >= 0.3 is 0 Å². The second kappa shape index (κ2) is 15.1. The van der Waals surface area contributed by atoms with Gasteiger partial charge in [-0.05, 0) is 59.6 Å². The summed E-state index contributed by atoms with van der Waals surface area (Å²) in [5.41, 5.74) is 0.786. The van der Waals surface area contributed by atoms with Crippen LogP contribution in [0.3, 0.4) is 0 Å². The smallest absolute Gasteiger partial charge is 0.254 e. The molecular weight excluding hydrogens is 691 g/mol. The first-order chi connectivity index (χ1) is 24.2. The van der Waals surface area contributed by atoms with Crippen molar-refractivity contribution in [2.24, 2.45) is 0 Å². The van der Waals surface area contributed by atoms with Crippen molar-refractivity contribution in [2.75, 3.05) is 6.54 Å². The predicted molar refractivity (Wildman–Crippen MR) is 198 cm³/mol. The fourth-order valence-corrected chi connectivity index (χ4v) is 10.8. The molecule has 0 spiro atoms. The molecule has 11 heteroatoms. The van der Waals surface area contributed by atoms with Crippen LogP contribution < -0.4 is 21.2 Å². The van der Waals surface area contributed by atoms with Gasteiger partial charge in [-0.1, -0.05) is 126 Å². The van der Waals surface area contributed by atoms with Crippen LogP contribution in [-0.2, 0) is 4.79 Å². The van der Waals surface area contributed by atoms with Crippen LogP contribution in [0.2, 0.25) is 10.0 Å². The summed E-state index contributed by atoms with van der Waals surface area (Å²) < 4.78 is 16.2. The fraction of sp³-hybridized carbons (Fsp3) is 0.0769. The molecule has 7 nitrogen and oxygen atoms in total. The second-order valence-corrected chi connectivity index (χ2v) is 15.5. The van der Waals surface area contributed by atoms with Crippen molar-refractivity contribution in [1.29, 1.82) is 5.26 Å². The number of halogens is 3. The molecule has 0 aliphatic rings. The van der Waals surface area contributed by atoms with E-state index in [-0.39, 0.29) is 27.4 Å². The number of amides is 1. The minimum atomic E-state index is -3.12. The molecule has 0 fully saturated rings. The molecule has 0 bridgehead atoms. The van der Waals surface area contributed by atoms with Crippen molar-refractivity contribution in [3.63, 3.8) is 0 Å². The third kappa shape index (κ3) is 6.77. The van der Waals surface area contributed by atoms with Gasteiger partial charge in [0.15, 0.2) is 5.78 Å². The Kier molecular flexibility index (Phi) is 10.4. The maximum Gasteiger partial charge on any atom is 0.254 e. The number of Topliss-reactive ketones (excluding diaryl/α,β-unsaturated/α-hetero) is 1. The zero-order valence-corrected chi connectivity index (χ0v) is 29.1. The largest absolute Gasteiger partial charge is 0.351 e. The minimum Gasteiger partial charge on any atom is -0.351 e. The lowest BCUT2D eigenvalue weighted by molar-refractivity contribution is -0.113. The number of benzene rings is 5. The molecule has 0 aliphatic heterocycles. The SMILES string of the molecule is Cc1ncn(-c2cc(Cl)c(C(=O)NCC(C(=O)C(C#N)=P(c3ccccc3)(c3ccccc3)c3ccccc3)c3cccc(F)c3)c(Cl)c2)n1. The van der Waals surface area contributed by atoms with Crippen molar-refractivity contribution in [1.82, 2.24) is 20.1 Å². The number of rotatable bonds is 10. The maximum absolute atomic E-state index is 15.1. The van der Waals surface area contributed by atoms with E-state index in [1.165, 1.54) is 41.3 Å². The molecule has 6 aromatic rings. The third-order valence-corrected chi connectivity index (χ3v) is 13.1. The first-order valence-corrected chi connectivity index (χ1v) is 18.1. The van der Waals surface area contributed by atoms with Gasteiger partial charge in [-0.25, -0.2) is 14.1 Å². The van der Waals surface area contributed by atoms with E-state index in [1.54, 1.807) is 13.0 Å². The van der Waals surface area contributed by atoms with Gasteiger partial charge in [0.2, 0.25) is 0 Å². The Morgan fingerprint density at radius 2 is 1.38 bits per heavy atom. The molecule has 1 heterocycles. The number of ketones is 1. The molecule has 1 N–H and O–H groups in total. The number of hydrogen-bond donors (Lipinski definition) is 1. The van der Waals surface area contributed by atoms with Crippen LogP contribution >= 0.6 is 30.1 Å².